The molecule has 2 rings (SSSR count). The molecule has 1 aliphatic rings. The van der Waals surface area contributed by atoms with E-state index in [2.05, 4.69) is 10.0 Å². The zero-order valence-corrected chi connectivity index (χ0v) is 13.8. The molecule has 1 heterocycles. The number of hydrogen-bond acceptors (Lipinski definition) is 4. The first-order valence-corrected chi connectivity index (χ1v) is 9.00. The summed E-state index contributed by atoms with van der Waals surface area (Å²) >= 11 is 11.8. The predicted octanol–water partition coefficient (Wildman–Crippen LogP) is 2.04. The van der Waals surface area contributed by atoms with Crippen molar-refractivity contribution in [3.8, 4) is 0 Å². The minimum atomic E-state index is -3.73. The molecule has 21 heavy (non-hydrogen) atoms. The SMILES string of the molecule is O=S(=O)(NCCOC1CCNCC1)c1c(Cl)cccc1Cl. The van der Waals surface area contributed by atoms with Gasteiger partial charge in [0.15, 0.2) is 0 Å². The molecular weight excluding hydrogens is 335 g/mol. The van der Waals surface area contributed by atoms with E-state index in [1.54, 1.807) is 6.07 Å². The Kier molecular flexibility index (Phi) is 6.28. The van der Waals surface area contributed by atoms with Gasteiger partial charge in [0.25, 0.3) is 0 Å². The van der Waals surface area contributed by atoms with Crippen molar-refractivity contribution in [2.75, 3.05) is 26.2 Å². The number of rotatable bonds is 6. The Morgan fingerprint density at radius 3 is 2.48 bits per heavy atom. The van der Waals surface area contributed by atoms with Gasteiger partial charge in [0.2, 0.25) is 10.0 Å². The highest BCUT2D eigenvalue weighted by atomic mass is 35.5. The molecular formula is C13H18Cl2N2O3S. The Morgan fingerprint density at radius 2 is 1.86 bits per heavy atom. The molecule has 0 aromatic heterocycles. The maximum atomic E-state index is 12.2. The molecule has 2 N–H and O–H groups in total. The fourth-order valence-electron chi connectivity index (χ4n) is 2.18. The zero-order chi connectivity index (χ0) is 15.3. The molecule has 5 nitrogen and oxygen atoms in total. The van der Waals surface area contributed by atoms with Crippen molar-refractivity contribution in [1.29, 1.82) is 0 Å². The number of hydrogen-bond donors (Lipinski definition) is 2. The lowest BCUT2D eigenvalue weighted by molar-refractivity contribution is 0.0367. The van der Waals surface area contributed by atoms with Gasteiger partial charge in [-0.15, -0.1) is 0 Å². The topological polar surface area (TPSA) is 67.4 Å². The highest BCUT2D eigenvalue weighted by molar-refractivity contribution is 7.89. The smallest absolute Gasteiger partial charge is 0.243 e. The fraction of sp³-hybridized carbons (Fsp3) is 0.538. The second-order valence-corrected chi connectivity index (χ2v) is 7.29. The maximum absolute atomic E-state index is 12.2. The van der Waals surface area contributed by atoms with Crippen molar-refractivity contribution < 1.29 is 13.2 Å². The molecule has 0 radical (unpaired) electrons. The first-order chi connectivity index (χ1) is 10.0. The van der Waals surface area contributed by atoms with Crippen LogP contribution in [0.2, 0.25) is 10.0 Å². The second kappa shape index (κ2) is 7.76. The van der Waals surface area contributed by atoms with Gasteiger partial charge in [-0.25, -0.2) is 13.1 Å². The molecule has 118 valence electrons. The van der Waals surface area contributed by atoms with Crippen LogP contribution in [0, 0.1) is 0 Å². The summed E-state index contributed by atoms with van der Waals surface area (Å²) in [5.41, 5.74) is 0. The summed E-state index contributed by atoms with van der Waals surface area (Å²) in [7, 11) is -3.73. The van der Waals surface area contributed by atoms with E-state index in [4.69, 9.17) is 27.9 Å². The molecule has 1 aromatic rings. The van der Waals surface area contributed by atoms with Crippen LogP contribution in [-0.4, -0.2) is 40.8 Å². The molecule has 0 spiro atoms. The third-order valence-corrected chi connectivity index (χ3v) is 5.64. The monoisotopic (exact) mass is 352 g/mol. The zero-order valence-electron chi connectivity index (χ0n) is 11.4. The van der Waals surface area contributed by atoms with Gasteiger partial charge < -0.3 is 10.1 Å². The van der Waals surface area contributed by atoms with E-state index < -0.39 is 10.0 Å². The largest absolute Gasteiger partial charge is 0.377 e. The van der Waals surface area contributed by atoms with E-state index in [1.807, 2.05) is 0 Å². The van der Waals surface area contributed by atoms with Crippen LogP contribution in [0.25, 0.3) is 0 Å². The lowest BCUT2D eigenvalue weighted by atomic mass is 10.1. The van der Waals surface area contributed by atoms with Gasteiger partial charge in [0.1, 0.15) is 4.90 Å². The predicted molar refractivity (Wildman–Crippen MR) is 83.5 cm³/mol. The summed E-state index contributed by atoms with van der Waals surface area (Å²) in [5, 5.41) is 3.45. The fourth-order valence-corrected chi connectivity index (χ4v) is 4.33. The third-order valence-electron chi connectivity index (χ3n) is 3.22. The Labute approximate surface area is 135 Å². The van der Waals surface area contributed by atoms with Gasteiger partial charge in [0.05, 0.1) is 22.8 Å². The Morgan fingerprint density at radius 1 is 1.24 bits per heavy atom. The summed E-state index contributed by atoms with van der Waals surface area (Å²) in [6, 6.07) is 4.59. The molecule has 1 aliphatic heterocycles. The summed E-state index contributed by atoms with van der Waals surface area (Å²) in [4.78, 5) is -0.0878. The van der Waals surface area contributed by atoms with Crippen LogP contribution in [0.4, 0.5) is 0 Å². The van der Waals surface area contributed by atoms with E-state index in [9.17, 15) is 8.42 Å². The quantitative estimate of drug-likeness (QED) is 0.768. The number of nitrogens with one attached hydrogen (secondary N) is 2. The van der Waals surface area contributed by atoms with Gasteiger partial charge in [-0.05, 0) is 38.1 Å². The second-order valence-electron chi connectivity index (χ2n) is 4.77. The van der Waals surface area contributed by atoms with Crippen LogP contribution in [0.3, 0.4) is 0 Å². The molecule has 1 fully saturated rings. The Balaban J connectivity index is 1.86. The minimum Gasteiger partial charge on any atom is -0.377 e. The number of ether oxygens (including phenoxy) is 1. The number of piperidine rings is 1. The molecule has 0 aliphatic carbocycles. The van der Waals surface area contributed by atoms with Crippen molar-refractivity contribution >= 4 is 33.2 Å². The van der Waals surface area contributed by atoms with E-state index >= 15 is 0 Å². The van der Waals surface area contributed by atoms with Crippen LogP contribution in [0.1, 0.15) is 12.8 Å². The molecule has 0 bridgehead atoms. The van der Waals surface area contributed by atoms with Crippen LogP contribution in [-0.2, 0) is 14.8 Å². The lowest BCUT2D eigenvalue weighted by Gasteiger charge is -2.23. The summed E-state index contributed by atoms with van der Waals surface area (Å²) < 4.78 is 32.5. The maximum Gasteiger partial charge on any atom is 0.243 e. The van der Waals surface area contributed by atoms with Crippen molar-refractivity contribution in [2.24, 2.45) is 0 Å². The van der Waals surface area contributed by atoms with Gasteiger partial charge in [0, 0.05) is 6.54 Å². The van der Waals surface area contributed by atoms with Crippen LogP contribution in [0.5, 0.6) is 0 Å². The van der Waals surface area contributed by atoms with Crippen molar-refractivity contribution in [3.63, 3.8) is 0 Å². The molecule has 1 saturated heterocycles. The van der Waals surface area contributed by atoms with Gasteiger partial charge in [-0.1, -0.05) is 29.3 Å². The minimum absolute atomic E-state index is 0.0878. The standard InChI is InChI=1S/C13H18Cl2N2O3S/c14-11-2-1-3-12(15)13(11)21(18,19)17-8-9-20-10-4-6-16-7-5-10/h1-3,10,16-17H,4-9H2. The first-order valence-electron chi connectivity index (χ1n) is 6.77. The molecule has 8 heteroatoms. The van der Waals surface area contributed by atoms with Crippen molar-refractivity contribution in [2.45, 2.75) is 23.8 Å². The van der Waals surface area contributed by atoms with E-state index in [1.165, 1.54) is 12.1 Å². The van der Waals surface area contributed by atoms with Crippen LogP contribution in [0.15, 0.2) is 23.1 Å². The van der Waals surface area contributed by atoms with Crippen LogP contribution < -0.4 is 10.0 Å². The normalized spacial score (nSPS) is 17.0. The summed E-state index contributed by atoms with van der Waals surface area (Å²) in [6.45, 7) is 2.39. The van der Waals surface area contributed by atoms with Crippen molar-refractivity contribution in [1.82, 2.24) is 10.0 Å². The summed E-state index contributed by atoms with van der Waals surface area (Å²) in [5.74, 6) is 0. The Hall–Kier alpha value is -0.370. The summed E-state index contributed by atoms with van der Waals surface area (Å²) in [6.07, 6.45) is 2.09. The van der Waals surface area contributed by atoms with E-state index in [-0.39, 0.29) is 27.6 Å². The van der Waals surface area contributed by atoms with E-state index in [0.717, 1.165) is 25.9 Å². The van der Waals surface area contributed by atoms with Gasteiger partial charge in [-0.2, -0.15) is 0 Å². The molecule has 0 atom stereocenters. The molecule has 0 saturated carbocycles. The number of benzene rings is 1. The van der Waals surface area contributed by atoms with Gasteiger partial charge >= 0.3 is 0 Å². The van der Waals surface area contributed by atoms with Crippen LogP contribution >= 0.6 is 23.2 Å². The number of halogens is 2. The highest BCUT2D eigenvalue weighted by Gasteiger charge is 2.21. The highest BCUT2D eigenvalue weighted by Crippen LogP contribution is 2.28. The third kappa shape index (κ3) is 4.81. The first kappa shape index (κ1) is 17.0. The average molecular weight is 353 g/mol. The number of sulfonamides is 1. The Bertz CT molecular complexity index is 555. The molecule has 0 unspecified atom stereocenters. The lowest BCUT2D eigenvalue weighted by Crippen LogP contribution is -2.34. The van der Waals surface area contributed by atoms with Crippen molar-refractivity contribution in [3.05, 3.63) is 28.2 Å². The van der Waals surface area contributed by atoms with Gasteiger partial charge in [-0.3, -0.25) is 0 Å². The average Bonchev–Trinajstić information content (AvgIpc) is 2.44. The molecule has 1 aromatic carbocycles. The molecule has 0 amide bonds. The van der Waals surface area contributed by atoms with E-state index in [0.29, 0.717) is 6.61 Å².